The number of nitrogens with zero attached hydrogens (tertiary/aromatic N) is 1. The maximum Gasteiger partial charge on any atom is 0.0506 e. The van der Waals surface area contributed by atoms with Gasteiger partial charge in [-0.3, -0.25) is 0 Å². The Morgan fingerprint density at radius 2 is 2.38 bits per heavy atom. The summed E-state index contributed by atoms with van der Waals surface area (Å²) in [6.07, 6.45) is 2.52. The van der Waals surface area contributed by atoms with Gasteiger partial charge in [0.2, 0.25) is 0 Å². The van der Waals surface area contributed by atoms with Crippen molar-refractivity contribution in [3.05, 3.63) is 0 Å². The van der Waals surface area contributed by atoms with Crippen molar-refractivity contribution in [2.24, 2.45) is 11.7 Å². The number of likely N-dealkylation sites (N-methyl/N-ethyl adjacent to an activating group) is 1. The predicted octanol–water partition coefficient (Wildman–Crippen LogP) is 0.692. The quantitative estimate of drug-likeness (QED) is 0.702. The van der Waals surface area contributed by atoms with Gasteiger partial charge in [-0.25, -0.2) is 0 Å². The highest BCUT2D eigenvalue weighted by Gasteiger charge is 2.17. The summed E-state index contributed by atoms with van der Waals surface area (Å²) in [5.41, 5.74) is 5.61. The molecule has 13 heavy (non-hydrogen) atoms. The van der Waals surface area contributed by atoms with Crippen molar-refractivity contribution >= 4 is 0 Å². The number of ether oxygens (including phenoxy) is 1. The molecule has 0 bridgehead atoms. The molecule has 2 unspecified atom stereocenters. The molecule has 0 aromatic carbocycles. The highest BCUT2D eigenvalue weighted by molar-refractivity contribution is 4.70. The molecule has 0 aliphatic carbocycles. The fourth-order valence-electron chi connectivity index (χ4n) is 1.72. The van der Waals surface area contributed by atoms with E-state index in [1.807, 2.05) is 0 Å². The lowest BCUT2D eigenvalue weighted by Gasteiger charge is -2.30. The molecule has 1 aliphatic heterocycles. The molecule has 1 aliphatic rings. The number of rotatable bonds is 4. The second-order valence-electron chi connectivity index (χ2n) is 4.11. The van der Waals surface area contributed by atoms with Crippen LogP contribution < -0.4 is 5.73 Å². The molecule has 0 radical (unpaired) electrons. The Morgan fingerprint density at radius 1 is 1.62 bits per heavy atom. The number of hydrogen-bond acceptors (Lipinski definition) is 3. The third kappa shape index (κ3) is 3.63. The number of hydrogen-bond donors (Lipinski definition) is 1. The van der Waals surface area contributed by atoms with Crippen LogP contribution in [0.25, 0.3) is 0 Å². The molecule has 1 heterocycles. The average Bonchev–Trinajstić information content (AvgIpc) is 2.18. The largest absolute Gasteiger partial charge is 0.381 e. The smallest absolute Gasteiger partial charge is 0.0506 e. The lowest BCUT2D eigenvalue weighted by molar-refractivity contribution is 0.0378. The van der Waals surface area contributed by atoms with Crippen molar-refractivity contribution in [1.82, 2.24) is 4.90 Å². The van der Waals surface area contributed by atoms with Crippen molar-refractivity contribution in [3.63, 3.8) is 0 Å². The molecule has 78 valence electrons. The first-order valence-electron chi connectivity index (χ1n) is 5.22. The van der Waals surface area contributed by atoms with E-state index < -0.39 is 0 Å². The minimum atomic E-state index is 0.488. The Bertz CT molecular complexity index is 135. The van der Waals surface area contributed by atoms with Gasteiger partial charge >= 0.3 is 0 Å². The van der Waals surface area contributed by atoms with E-state index >= 15 is 0 Å². The Balaban J connectivity index is 2.21. The van der Waals surface area contributed by atoms with Gasteiger partial charge in [0.25, 0.3) is 0 Å². The van der Waals surface area contributed by atoms with E-state index in [1.165, 1.54) is 12.8 Å². The van der Waals surface area contributed by atoms with Gasteiger partial charge in [0, 0.05) is 25.7 Å². The van der Waals surface area contributed by atoms with E-state index in [-0.39, 0.29) is 0 Å². The van der Waals surface area contributed by atoms with Gasteiger partial charge in [0.15, 0.2) is 0 Å². The van der Waals surface area contributed by atoms with Crippen LogP contribution in [0, 0.1) is 5.92 Å². The van der Waals surface area contributed by atoms with Crippen molar-refractivity contribution in [2.45, 2.75) is 25.8 Å². The molecule has 2 atom stereocenters. The molecule has 0 amide bonds. The molecule has 0 saturated carbocycles. The molecule has 2 N–H and O–H groups in total. The molecule has 3 nitrogen and oxygen atoms in total. The number of nitrogens with two attached hydrogens (primary N) is 1. The minimum Gasteiger partial charge on any atom is -0.381 e. The van der Waals surface area contributed by atoms with Crippen LogP contribution in [0.3, 0.4) is 0 Å². The fourth-order valence-corrected chi connectivity index (χ4v) is 1.72. The summed E-state index contributed by atoms with van der Waals surface area (Å²) in [5, 5.41) is 0. The van der Waals surface area contributed by atoms with Crippen LogP contribution in [0.1, 0.15) is 19.8 Å². The van der Waals surface area contributed by atoms with Crippen molar-refractivity contribution in [2.75, 3.05) is 33.4 Å². The Hall–Kier alpha value is -0.120. The third-order valence-corrected chi connectivity index (χ3v) is 2.89. The predicted molar refractivity (Wildman–Crippen MR) is 54.7 cm³/mol. The van der Waals surface area contributed by atoms with Crippen LogP contribution in [0.15, 0.2) is 0 Å². The van der Waals surface area contributed by atoms with Crippen LogP contribution in [0.4, 0.5) is 0 Å². The fraction of sp³-hybridized carbons (Fsp3) is 1.00. The second kappa shape index (κ2) is 5.58. The summed E-state index contributed by atoms with van der Waals surface area (Å²) in [7, 11) is 2.14. The van der Waals surface area contributed by atoms with Gasteiger partial charge < -0.3 is 15.4 Å². The van der Waals surface area contributed by atoms with E-state index in [1.54, 1.807) is 0 Å². The zero-order valence-corrected chi connectivity index (χ0v) is 8.83. The molecule has 0 spiro atoms. The standard InChI is InChI=1S/C10H22N2O/c1-9(6-11)12(2)7-10-4-3-5-13-8-10/h9-10H,3-8,11H2,1-2H3. The third-order valence-electron chi connectivity index (χ3n) is 2.89. The summed E-state index contributed by atoms with van der Waals surface area (Å²) in [4.78, 5) is 2.33. The summed E-state index contributed by atoms with van der Waals surface area (Å²) in [6.45, 7) is 5.92. The Morgan fingerprint density at radius 3 is 2.92 bits per heavy atom. The van der Waals surface area contributed by atoms with Crippen molar-refractivity contribution in [1.29, 1.82) is 0 Å². The monoisotopic (exact) mass is 186 g/mol. The zero-order chi connectivity index (χ0) is 9.68. The first kappa shape index (κ1) is 11.0. The van der Waals surface area contributed by atoms with E-state index in [0.29, 0.717) is 12.0 Å². The molecule has 1 rings (SSSR count). The first-order valence-corrected chi connectivity index (χ1v) is 5.22. The highest BCUT2D eigenvalue weighted by Crippen LogP contribution is 2.14. The maximum atomic E-state index is 5.61. The summed E-state index contributed by atoms with van der Waals surface area (Å²) in [6, 6.07) is 0.488. The van der Waals surface area contributed by atoms with E-state index in [9.17, 15) is 0 Å². The van der Waals surface area contributed by atoms with Crippen LogP contribution in [-0.4, -0.2) is 44.3 Å². The van der Waals surface area contributed by atoms with Crippen LogP contribution in [0.5, 0.6) is 0 Å². The van der Waals surface area contributed by atoms with Gasteiger partial charge in [-0.15, -0.1) is 0 Å². The average molecular weight is 186 g/mol. The van der Waals surface area contributed by atoms with Gasteiger partial charge in [-0.05, 0) is 32.7 Å². The molecule has 1 fully saturated rings. The first-order chi connectivity index (χ1) is 6.24. The normalized spacial score (nSPS) is 26.3. The van der Waals surface area contributed by atoms with Gasteiger partial charge in [0.05, 0.1) is 6.61 Å². The van der Waals surface area contributed by atoms with Gasteiger partial charge in [-0.1, -0.05) is 0 Å². The van der Waals surface area contributed by atoms with Crippen LogP contribution in [-0.2, 0) is 4.74 Å². The van der Waals surface area contributed by atoms with E-state index in [2.05, 4.69) is 18.9 Å². The zero-order valence-electron chi connectivity index (χ0n) is 8.83. The van der Waals surface area contributed by atoms with Gasteiger partial charge in [-0.2, -0.15) is 0 Å². The second-order valence-corrected chi connectivity index (χ2v) is 4.11. The summed E-state index contributed by atoms with van der Waals surface area (Å²) < 4.78 is 5.44. The van der Waals surface area contributed by atoms with Crippen LogP contribution in [0.2, 0.25) is 0 Å². The van der Waals surface area contributed by atoms with Crippen LogP contribution >= 0.6 is 0 Å². The lowest BCUT2D eigenvalue weighted by Crippen LogP contribution is -2.40. The molecule has 0 aromatic rings. The molecule has 1 saturated heterocycles. The topological polar surface area (TPSA) is 38.5 Å². The molecule has 3 heteroatoms. The van der Waals surface area contributed by atoms with Gasteiger partial charge in [0.1, 0.15) is 0 Å². The van der Waals surface area contributed by atoms with Crippen molar-refractivity contribution in [3.8, 4) is 0 Å². The summed E-state index contributed by atoms with van der Waals surface area (Å²) in [5.74, 6) is 0.716. The molecular weight excluding hydrogens is 164 g/mol. The maximum absolute atomic E-state index is 5.61. The summed E-state index contributed by atoms with van der Waals surface area (Å²) >= 11 is 0. The molecule has 0 aromatic heterocycles. The highest BCUT2D eigenvalue weighted by atomic mass is 16.5. The molecular formula is C10H22N2O. The lowest BCUT2D eigenvalue weighted by atomic mass is 10.0. The van der Waals surface area contributed by atoms with Crippen molar-refractivity contribution < 1.29 is 4.74 Å². The van der Waals surface area contributed by atoms with E-state index in [4.69, 9.17) is 10.5 Å². The minimum absolute atomic E-state index is 0.488. The van der Waals surface area contributed by atoms with E-state index in [0.717, 1.165) is 26.3 Å². The Kier molecular flexibility index (Phi) is 4.70. The Labute approximate surface area is 81.2 Å². The SMILES string of the molecule is CC(CN)N(C)CC1CCCOC1.